The SMILES string of the molecule is COc1ccc(CN2C(=O)CC[C@@H](n3c(=O)n(C)c4c(N5CCC6(CC=C(OS(=O)(=O)C(F)(F)F)CC6)CC5)cccc43)C2=O)cc1. The molecule has 3 aromatic rings. The number of alkyl halides is 3. The standard InChI is InChI=1S/C32H35F3N4O7S/c1-36-28-24(37-18-16-31(17-19-37)14-12-23(13-15-31)46-47(43,44)32(33,34)35)4-3-5-25(28)39(30(36)42)26-10-11-27(40)38(29(26)41)20-21-6-8-22(45-2)9-7-21/h3-9,12,26H,10-11,13-20H2,1-2H3/t26-/m1/s1. The Morgan fingerprint density at radius 2 is 1.68 bits per heavy atom. The summed E-state index contributed by atoms with van der Waals surface area (Å²) in [6.07, 6.45) is 4.18. The third-order valence-corrected chi connectivity index (χ3v) is 10.7. The summed E-state index contributed by atoms with van der Waals surface area (Å²) in [5, 5.41) is 0. The van der Waals surface area contributed by atoms with Crippen molar-refractivity contribution in [1.82, 2.24) is 14.0 Å². The molecule has 1 atom stereocenters. The van der Waals surface area contributed by atoms with E-state index in [-0.39, 0.29) is 48.6 Å². The summed E-state index contributed by atoms with van der Waals surface area (Å²) in [6.45, 7) is 1.30. The van der Waals surface area contributed by atoms with Crippen LogP contribution in [0.3, 0.4) is 0 Å². The normalized spacial score (nSPS) is 20.5. The Bertz CT molecular complexity index is 1910. The van der Waals surface area contributed by atoms with Crippen LogP contribution in [0.15, 0.2) is 59.1 Å². The number of amides is 2. The van der Waals surface area contributed by atoms with Crippen molar-refractivity contribution in [3.8, 4) is 5.75 Å². The van der Waals surface area contributed by atoms with Crippen molar-refractivity contribution >= 4 is 38.7 Å². The number of carbonyl (C=O) groups is 2. The summed E-state index contributed by atoms with van der Waals surface area (Å²) in [5.41, 5.74) is -3.23. The Kier molecular flexibility index (Phi) is 8.39. The molecule has 1 spiro atoms. The van der Waals surface area contributed by atoms with Gasteiger partial charge in [-0.15, -0.1) is 0 Å². The molecule has 3 heterocycles. The summed E-state index contributed by atoms with van der Waals surface area (Å²) in [5.74, 6) is -0.259. The van der Waals surface area contributed by atoms with Crippen LogP contribution in [0.2, 0.25) is 0 Å². The maximum absolute atomic E-state index is 13.8. The van der Waals surface area contributed by atoms with Gasteiger partial charge in [-0.05, 0) is 73.4 Å². The van der Waals surface area contributed by atoms with Crippen LogP contribution in [0.25, 0.3) is 11.0 Å². The number of imide groups is 1. The van der Waals surface area contributed by atoms with E-state index in [2.05, 4.69) is 9.08 Å². The lowest BCUT2D eigenvalue weighted by Gasteiger charge is -2.44. The van der Waals surface area contributed by atoms with Crippen LogP contribution < -0.4 is 15.3 Å². The number of aromatic nitrogens is 2. The number of fused-ring (bicyclic) bond motifs is 1. The van der Waals surface area contributed by atoms with Gasteiger partial charge in [-0.25, -0.2) is 4.79 Å². The lowest BCUT2D eigenvalue weighted by Crippen LogP contribution is -2.47. The molecule has 0 saturated carbocycles. The topological polar surface area (TPSA) is 120 Å². The maximum atomic E-state index is 13.8. The maximum Gasteiger partial charge on any atom is 0.534 e. The zero-order valence-corrected chi connectivity index (χ0v) is 26.8. The average Bonchev–Trinajstić information content (AvgIpc) is 3.30. The monoisotopic (exact) mass is 676 g/mol. The first-order chi connectivity index (χ1) is 22.2. The number of methoxy groups -OCH3 is 1. The number of piperidine rings is 2. The van der Waals surface area contributed by atoms with Gasteiger partial charge >= 0.3 is 21.3 Å². The molecule has 2 saturated heterocycles. The van der Waals surface area contributed by atoms with Gasteiger partial charge in [0.2, 0.25) is 5.91 Å². The second kappa shape index (κ2) is 12.1. The zero-order chi connectivity index (χ0) is 33.7. The number of para-hydroxylation sites is 1. The van der Waals surface area contributed by atoms with Crippen molar-refractivity contribution < 1.29 is 40.1 Å². The number of nitrogens with zero attached hydrogens (tertiary/aromatic N) is 4. The molecule has 0 radical (unpaired) electrons. The van der Waals surface area contributed by atoms with Gasteiger partial charge in [0.15, 0.2) is 0 Å². The summed E-state index contributed by atoms with van der Waals surface area (Å²) in [4.78, 5) is 43.7. The molecule has 15 heteroatoms. The van der Waals surface area contributed by atoms with E-state index in [1.165, 1.54) is 20.1 Å². The third-order valence-electron chi connectivity index (χ3n) is 9.71. The van der Waals surface area contributed by atoms with E-state index in [0.29, 0.717) is 55.6 Å². The number of halogens is 3. The quantitative estimate of drug-likeness (QED) is 0.200. The van der Waals surface area contributed by atoms with Crippen molar-refractivity contribution in [1.29, 1.82) is 0 Å². The highest BCUT2D eigenvalue weighted by atomic mass is 32.2. The Morgan fingerprint density at radius 1 is 0.979 bits per heavy atom. The number of carbonyl (C=O) groups excluding carboxylic acids is 2. The Hall–Kier alpha value is -4.27. The van der Waals surface area contributed by atoms with E-state index >= 15 is 0 Å². The Balaban J connectivity index is 1.21. The van der Waals surface area contributed by atoms with Crippen molar-refractivity contribution in [3.05, 3.63) is 70.3 Å². The number of likely N-dealkylation sites (tertiary alicyclic amines) is 1. The van der Waals surface area contributed by atoms with Crippen molar-refractivity contribution in [2.24, 2.45) is 12.5 Å². The minimum absolute atomic E-state index is 0.0827. The molecule has 0 N–H and O–H groups in total. The van der Waals surface area contributed by atoms with Gasteiger partial charge in [-0.2, -0.15) is 21.6 Å². The van der Waals surface area contributed by atoms with Crippen LogP contribution in [0, 0.1) is 5.41 Å². The molecule has 252 valence electrons. The smallest absolute Gasteiger partial charge is 0.497 e. The van der Waals surface area contributed by atoms with E-state index in [9.17, 15) is 36.0 Å². The molecule has 1 aliphatic carbocycles. The molecule has 2 aliphatic heterocycles. The number of hydrogen-bond acceptors (Lipinski definition) is 8. The number of imidazole rings is 1. The Morgan fingerprint density at radius 3 is 2.30 bits per heavy atom. The lowest BCUT2D eigenvalue weighted by molar-refractivity contribution is -0.151. The predicted molar refractivity (Wildman–Crippen MR) is 166 cm³/mol. The number of rotatable bonds is 7. The molecular weight excluding hydrogens is 641 g/mol. The summed E-state index contributed by atoms with van der Waals surface area (Å²) in [6, 6.07) is 11.8. The second-order valence-electron chi connectivity index (χ2n) is 12.4. The van der Waals surface area contributed by atoms with Crippen molar-refractivity contribution in [2.45, 2.75) is 63.0 Å². The van der Waals surface area contributed by atoms with Gasteiger partial charge in [-0.3, -0.25) is 23.6 Å². The Labute approximate surface area is 269 Å². The molecule has 1 aromatic heterocycles. The predicted octanol–water partition coefficient (Wildman–Crippen LogP) is 4.76. The third kappa shape index (κ3) is 6.01. The number of anilines is 1. The fraction of sp³-hybridized carbons (Fsp3) is 0.469. The van der Waals surface area contributed by atoms with Crippen LogP contribution in [0.1, 0.15) is 56.6 Å². The van der Waals surface area contributed by atoms with E-state index in [0.717, 1.165) is 11.3 Å². The molecule has 2 amide bonds. The molecule has 11 nitrogen and oxygen atoms in total. The van der Waals surface area contributed by atoms with Crippen LogP contribution in [0.5, 0.6) is 5.75 Å². The van der Waals surface area contributed by atoms with Crippen LogP contribution >= 0.6 is 0 Å². The molecule has 0 bridgehead atoms. The van der Waals surface area contributed by atoms with Crippen LogP contribution in [-0.4, -0.2) is 60.0 Å². The van der Waals surface area contributed by atoms with E-state index in [1.54, 1.807) is 44.5 Å². The number of allylic oxidation sites excluding steroid dienone is 2. The minimum Gasteiger partial charge on any atom is -0.497 e. The molecule has 0 unspecified atom stereocenters. The van der Waals surface area contributed by atoms with Gasteiger partial charge in [0.25, 0.3) is 5.91 Å². The zero-order valence-electron chi connectivity index (χ0n) is 26.0. The highest BCUT2D eigenvalue weighted by molar-refractivity contribution is 7.87. The van der Waals surface area contributed by atoms with Crippen molar-refractivity contribution in [3.63, 3.8) is 0 Å². The number of benzene rings is 2. The average molecular weight is 677 g/mol. The highest BCUT2D eigenvalue weighted by Crippen LogP contribution is 2.46. The molecule has 47 heavy (non-hydrogen) atoms. The first-order valence-corrected chi connectivity index (χ1v) is 16.8. The molecule has 6 rings (SSSR count). The van der Waals surface area contributed by atoms with Crippen LogP contribution in [-0.2, 0) is 37.5 Å². The molecular formula is C32H35F3N4O7S. The summed E-state index contributed by atoms with van der Waals surface area (Å²) in [7, 11) is -2.48. The van der Waals surface area contributed by atoms with E-state index < -0.39 is 27.6 Å². The second-order valence-corrected chi connectivity index (χ2v) is 14.0. The number of hydrogen-bond donors (Lipinski definition) is 0. The van der Waals surface area contributed by atoms with E-state index in [4.69, 9.17) is 4.74 Å². The minimum atomic E-state index is -5.70. The van der Waals surface area contributed by atoms with Crippen molar-refractivity contribution in [2.75, 3.05) is 25.1 Å². The number of ether oxygens (including phenoxy) is 1. The first kappa shape index (κ1) is 32.7. The lowest BCUT2D eigenvalue weighted by atomic mass is 9.70. The van der Waals surface area contributed by atoms with Gasteiger partial charge in [0.05, 0.1) is 30.4 Å². The van der Waals surface area contributed by atoms with E-state index in [1.807, 2.05) is 12.1 Å². The largest absolute Gasteiger partial charge is 0.534 e. The fourth-order valence-corrected chi connectivity index (χ4v) is 7.51. The number of aryl methyl sites for hydroxylation is 1. The summed E-state index contributed by atoms with van der Waals surface area (Å²) >= 11 is 0. The van der Waals surface area contributed by atoms with Gasteiger partial charge < -0.3 is 13.8 Å². The van der Waals surface area contributed by atoms with Gasteiger partial charge in [0, 0.05) is 33.0 Å². The molecule has 2 fully saturated rings. The first-order valence-electron chi connectivity index (χ1n) is 15.4. The molecule has 3 aliphatic rings. The van der Waals surface area contributed by atoms with Gasteiger partial charge in [-0.1, -0.05) is 18.2 Å². The highest BCUT2D eigenvalue weighted by Gasteiger charge is 2.49. The fourth-order valence-electron chi connectivity index (χ4n) is 6.98. The molecule has 2 aromatic carbocycles. The van der Waals surface area contributed by atoms with Gasteiger partial charge in [0.1, 0.15) is 17.6 Å². The summed E-state index contributed by atoms with van der Waals surface area (Å²) < 4.78 is 73.7. The van der Waals surface area contributed by atoms with Crippen LogP contribution in [0.4, 0.5) is 18.9 Å².